The molecule has 120 valence electrons. The average Bonchev–Trinajstić information content (AvgIpc) is 2.83. The minimum atomic E-state index is -0.340. The molecule has 2 atom stereocenters. The van der Waals surface area contributed by atoms with Gasteiger partial charge in [0, 0.05) is 25.2 Å². The molecule has 0 saturated carbocycles. The Kier molecular flexibility index (Phi) is 4.68. The third kappa shape index (κ3) is 3.43. The van der Waals surface area contributed by atoms with Gasteiger partial charge >= 0.3 is 0 Å². The number of halogens is 2. The molecule has 2 aliphatic heterocycles. The standard InChI is InChI=1S/C16H20BrFN2O2/c1-20(13-7-11-3-4-12(8-13)19-11)16(21)9-22-15-5-2-10(18)6-14(15)17/h2,5-6,11-13,19H,3-4,7-9H2,1H3. The van der Waals surface area contributed by atoms with Gasteiger partial charge in [-0.3, -0.25) is 4.79 Å². The summed E-state index contributed by atoms with van der Waals surface area (Å²) in [5.41, 5.74) is 0. The van der Waals surface area contributed by atoms with E-state index in [1.165, 1.54) is 31.0 Å². The Morgan fingerprint density at radius 3 is 2.73 bits per heavy atom. The predicted octanol–water partition coefficient (Wildman–Crippen LogP) is 2.71. The Balaban J connectivity index is 1.55. The Morgan fingerprint density at radius 1 is 1.41 bits per heavy atom. The number of piperidine rings is 1. The number of likely N-dealkylation sites (N-methyl/N-ethyl adjacent to an activating group) is 1. The summed E-state index contributed by atoms with van der Waals surface area (Å²) in [5.74, 6) is 0.101. The van der Waals surface area contributed by atoms with Crippen LogP contribution in [0.1, 0.15) is 25.7 Å². The van der Waals surface area contributed by atoms with Crippen LogP contribution in [0.4, 0.5) is 4.39 Å². The van der Waals surface area contributed by atoms with Crippen molar-refractivity contribution in [1.29, 1.82) is 0 Å². The quantitative estimate of drug-likeness (QED) is 0.885. The number of amides is 1. The van der Waals surface area contributed by atoms with E-state index in [-0.39, 0.29) is 24.4 Å². The summed E-state index contributed by atoms with van der Waals surface area (Å²) in [7, 11) is 1.85. The molecule has 2 fully saturated rings. The van der Waals surface area contributed by atoms with Crippen molar-refractivity contribution in [3.8, 4) is 5.75 Å². The van der Waals surface area contributed by atoms with Crippen LogP contribution in [0.3, 0.4) is 0 Å². The summed E-state index contributed by atoms with van der Waals surface area (Å²) in [5, 5.41) is 3.57. The topological polar surface area (TPSA) is 41.6 Å². The molecular weight excluding hydrogens is 351 g/mol. The zero-order chi connectivity index (χ0) is 15.7. The summed E-state index contributed by atoms with van der Waals surface area (Å²) in [4.78, 5) is 14.1. The van der Waals surface area contributed by atoms with Gasteiger partial charge in [0.15, 0.2) is 6.61 Å². The van der Waals surface area contributed by atoms with Gasteiger partial charge in [-0.25, -0.2) is 4.39 Å². The molecular formula is C16H20BrFN2O2. The van der Waals surface area contributed by atoms with Crippen molar-refractivity contribution in [2.24, 2.45) is 0 Å². The highest BCUT2D eigenvalue weighted by atomic mass is 79.9. The molecule has 2 unspecified atom stereocenters. The number of nitrogens with zero attached hydrogens (tertiary/aromatic N) is 1. The van der Waals surface area contributed by atoms with E-state index in [0.717, 1.165) is 12.8 Å². The van der Waals surface area contributed by atoms with Crippen molar-refractivity contribution >= 4 is 21.8 Å². The van der Waals surface area contributed by atoms with Crippen LogP contribution in [0, 0.1) is 5.82 Å². The van der Waals surface area contributed by atoms with Crippen LogP contribution in [0.25, 0.3) is 0 Å². The van der Waals surface area contributed by atoms with Crippen molar-refractivity contribution < 1.29 is 13.9 Å². The monoisotopic (exact) mass is 370 g/mol. The van der Waals surface area contributed by atoms with Crippen molar-refractivity contribution in [3.05, 3.63) is 28.5 Å². The summed E-state index contributed by atoms with van der Waals surface area (Å²) < 4.78 is 19.1. The fourth-order valence-electron chi connectivity index (χ4n) is 3.38. The van der Waals surface area contributed by atoms with Crippen molar-refractivity contribution in [2.45, 2.75) is 43.8 Å². The van der Waals surface area contributed by atoms with Crippen molar-refractivity contribution in [3.63, 3.8) is 0 Å². The molecule has 1 N–H and O–H groups in total. The third-order valence-corrected chi connectivity index (χ3v) is 5.25. The lowest BCUT2D eigenvalue weighted by Gasteiger charge is -2.35. The Labute approximate surface area is 138 Å². The molecule has 2 heterocycles. The summed E-state index contributed by atoms with van der Waals surface area (Å²) in [6.07, 6.45) is 4.45. The molecule has 6 heteroatoms. The number of fused-ring (bicyclic) bond motifs is 2. The molecule has 3 rings (SSSR count). The number of benzene rings is 1. The first-order chi connectivity index (χ1) is 10.5. The van der Waals surface area contributed by atoms with Gasteiger partial charge in [-0.2, -0.15) is 0 Å². The normalized spacial score (nSPS) is 26.8. The van der Waals surface area contributed by atoms with E-state index in [1.807, 2.05) is 11.9 Å². The lowest BCUT2D eigenvalue weighted by molar-refractivity contribution is -0.134. The fraction of sp³-hybridized carbons (Fsp3) is 0.562. The fourth-order valence-corrected chi connectivity index (χ4v) is 3.85. The number of hydrogen-bond donors (Lipinski definition) is 1. The first kappa shape index (κ1) is 15.7. The molecule has 1 aromatic rings. The Hall–Kier alpha value is -1.14. The summed E-state index contributed by atoms with van der Waals surface area (Å²) in [6, 6.07) is 5.55. The van der Waals surface area contributed by atoms with Gasteiger partial charge in [-0.1, -0.05) is 0 Å². The number of carbonyl (C=O) groups is 1. The Morgan fingerprint density at radius 2 is 2.09 bits per heavy atom. The van der Waals surface area contributed by atoms with E-state index in [9.17, 15) is 9.18 Å². The molecule has 4 nitrogen and oxygen atoms in total. The number of rotatable bonds is 4. The number of ether oxygens (including phenoxy) is 1. The summed E-state index contributed by atoms with van der Waals surface area (Å²) >= 11 is 3.24. The first-order valence-corrected chi connectivity index (χ1v) is 8.42. The van der Waals surface area contributed by atoms with Crippen LogP contribution < -0.4 is 10.1 Å². The van der Waals surface area contributed by atoms with Crippen molar-refractivity contribution in [2.75, 3.05) is 13.7 Å². The maximum Gasteiger partial charge on any atom is 0.260 e. The molecule has 1 aromatic carbocycles. The Bertz CT molecular complexity index is 557. The lowest BCUT2D eigenvalue weighted by Crippen LogP contribution is -2.49. The van der Waals surface area contributed by atoms with Gasteiger partial charge < -0.3 is 15.0 Å². The lowest BCUT2D eigenvalue weighted by atomic mass is 9.98. The highest BCUT2D eigenvalue weighted by Gasteiger charge is 2.36. The molecule has 0 aromatic heterocycles. The predicted molar refractivity (Wildman–Crippen MR) is 85.3 cm³/mol. The van der Waals surface area contributed by atoms with Gasteiger partial charge in [0.2, 0.25) is 0 Å². The summed E-state index contributed by atoms with van der Waals surface area (Å²) in [6.45, 7) is -0.0278. The largest absolute Gasteiger partial charge is 0.483 e. The smallest absolute Gasteiger partial charge is 0.260 e. The van der Waals surface area contributed by atoms with E-state index >= 15 is 0 Å². The van der Waals surface area contributed by atoms with Crippen LogP contribution >= 0.6 is 15.9 Å². The average molecular weight is 371 g/mol. The van der Waals surface area contributed by atoms with E-state index < -0.39 is 0 Å². The second-order valence-corrected chi connectivity index (χ2v) is 6.99. The maximum atomic E-state index is 13.0. The molecule has 0 spiro atoms. The zero-order valence-corrected chi connectivity index (χ0v) is 14.1. The van der Waals surface area contributed by atoms with Crippen LogP contribution in [-0.4, -0.2) is 42.6 Å². The van der Waals surface area contributed by atoms with Gasteiger partial charge in [-0.15, -0.1) is 0 Å². The van der Waals surface area contributed by atoms with Crippen LogP contribution in [0.15, 0.2) is 22.7 Å². The van der Waals surface area contributed by atoms with Crippen LogP contribution in [0.2, 0.25) is 0 Å². The molecule has 1 amide bonds. The number of carbonyl (C=O) groups excluding carboxylic acids is 1. The van der Waals surface area contributed by atoms with Crippen molar-refractivity contribution in [1.82, 2.24) is 10.2 Å². The van der Waals surface area contributed by atoms with Crippen LogP contribution in [-0.2, 0) is 4.79 Å². The second kappa shape index (κ2) is 6.54. The molecule has 0 radical (unpaired) electrons. The van der Waals surface area contributed by atoms with E-state index in [4.69, 9.17) is 4.74 Å². The SMILES string of the molecule is CN(C(=O)COc1ccc(F)cc1Br)C1CC2CCC(C1)N2. The van der Waals surface area contributed by atoms with Gasteiger partial charge in [0.1, 0.15) is 11.6 Å². The highest BCUT2D eigenvalue weighted by molar-refractivity contribution is 9.10. The molecule has 0 aliphatic carbocycles. The second-order valence-electron chi connectivity index (χ2n) is 6.13. The zero-order valence-electron chi connectivity index (χ0n) is 12.5. The minimum absolute atomic E-state index is 0.0278. The molecule has 2 aliphatic rings. The van der Waals surface area contributed by atoms with E-state index in [2.05, 4.69) is 21.2 Å². The van der Waals surface area contributed by atoms with Gasteiger partial charge in [0.05, 0.1) is 4.47 Å². The molecule has 22 heavy (non-hydrogen) atoms. The number of hydrogen-bond acceptors (Lipinski definition) is 3. The number of nitrogens with one attached hydrogen (secondary N) is 1. The molecule has 2 saturated heterocycles. The third-order valence-electron chi connectivity index (χ3n) is 4.63. The molecule has 2 bridgehead atoms. The van der Waals surface area contributed by atoms with E-state index in [0.29, 0.717) is 22.3 Å². The van der Waals surface area contributed by atoms with Crippen LogP contribution in [0.5, 0.6) is 5.75 Å². The van der Waals surface area contributed by atoms with Gasteiger partial charge in [-0.05, 0) is 59.8 Å². The first-order valence-electron chi connectivity index (χ1n) is 7.62. The van der Waals surface area contributed by atoms with E-state index in [1.54, 1.807) is 0 Å². The minimum Gasteiger partial charge on any atom is -0.483 e. The highest BCUT2D eigenvalue weighted by Crippen LogP contribution is 2.29. The maximum absolute atomic E-state index is 13.0. The van der Waals surface area contributed by atoms with Gasteiger partial charge in [0.25, 0.3) is 5.91 Å².